The van der Waals surface area contributed by atoms with Crippen LogP contribution in [0.3, 0.4) is 0 Å². The molecule has 0 aromatic carbocycles. The van der Waals surface area contributed by atoms with Gasteiger partial charge < -0.3 is 29.5 Å². The Bertz CT molecular complexity index is 1050. The Labute approximate surface area is 243 Å². The molecule has 0 spiro atoms. The van der Waals surface area contributed by atoms with Crippen molar-refractivity contribution in [3.05, 3.63) is 23.8 Å². The molecule has 3 saturated carbocycles. The van der Waals surface area contributed by atoms with E-state index in [2.05, 4.69) is 32.4 Å². The Morgan fingerprint density at radius 2 is 1.90 bits per heavy atom. The average molecular weight is 577 g/mol. The van der Waals surface area contributed by atoms with E-state index in [-0.39, 0.29) is 34.7 Å². The molecule has 230 valence electrons. The van der Waals surface area contributed by atoms with Crippen LogP contribution in [0.25, 0.3) is 0 Å². The van der Waals surface area contributed by atoms with Gasteiger partial charge in [0.1, 0.15) is 6.61 Å². The number of aliphatic hydroxyl groups excluding tert-OH is 2. The fraction of sp³-hybridized carbons (Fsp3) is 0.781. The number of carbonyl (C=O) groups excluding carboxylic acids is 2. The lowest BCUT2D eigenvalue weighted by molar-refractivity contribution is -0.200. The van der Waals surface area contributed by atoms with Gasteiger partial charge in [0.15, 0.2) is 23.5 Å². The van der Waals surface area contributed by atoms with Gasteiger partial charge in [-0.3, -0.25) is 9.59 Å². The van der Waals surface area contributed by atoms with Crippen LogP contribution in [0.4, 0.5) is 4.79 Å². The van der Waals surface area contributed by atoms with Gasteiger partial charge in [-0.2, -0.15) is 0 Å². The highest BCUT2D eigenvalue weighted by Crippen LogP contribution is 2.69. The van der Waals surface area contributed by atoms with Crippen molar-refractivity contribution in [1.29, 1.82) is 0 Å². The molecule has 0 aromatic rings. The van der Waals surface area contributed by atoms with E-state index < -0.39 is 42.3 Å². The van der Waals surface area contributed by atoms with Crippen molar-refractivity contribution in [3.8, 4) is 0 Å². The van der Waals surface area contributed by atoms with Gasteiger partial charge >= 0.3 is 6.16 Å². The number of fused-ring (bicyclic) bond motifs is 7. The van der Waals surface area contributed by atoms with Crippen LogP contribution in [0.15, 0.2) is 23.8 Å². The molecule has 0 bridgehead atoms. The highest BCUT2D eigenvalue weighted by Gasteiger charge is 2.75. The molecular formula is C32H48O9. The quantitative estimate of drug-likeness (QED) is 0.256. The Hall–Kier alpha value is -2.07. The minimum Gasteiger partial charge on any atom is -0.450 e. The number of carboxylic acid groups (broad SMARTS) is 1. The predicted molar refractivity (Wildman–Crippen MR) is 151 cm³/mol. The SMILES string of the molecule is CCCC1O[C@@H]2C[C@H]3[C@@H]4CCC5=CC(=O)C=C[C@]5(C)[C@H]4[C@@H](O)C[C@]3(C)[C@]2(C(=O)CO)O1.CCCCCCOC(=O)O. The normalized spacial score (nSPS) is 40.3. The van der Waals surface area contributed by atoms with Gasteiger partial charge in [-0.05, 0) is 62.5 Å². The lowest BCUT2D eigenvalue weighted by atomic mass is 9.46. The number of allylic oxidation sites excluding steroid dienone is 4. The highest BCUT2D eigenvalue weighted by atomic mass is 16.7. The standard InChI is InChI=1S/C25H34O6.C7H14O3/c1-4-5-21-30-20-11-17-16-7-6-14-10-15(27)8-9-23(14,2)22(16)18(28)12-24(17,3)25(20,31-21)19(29)13-26;1-2-3-4-5-6-10-7(8)9/h8-10,16-18,20-22,26,28H,4-7,11-13H2,1-3H3;2-6H2,1H3,(H,8,9)/t16-,17-,18-,20+,21?,22+,23-,24-,25+;/m0./s1. The summed E-state index contributed by atoms with van der Waals surface area (Å²) in [4.78, 5) is 35.0. The monoisotopic (exact) mass is 576 g/mol. The number of Topliss-reactive ketones (excluding diaryl/α,β-unsaturated/α-hetero) is 1. The molecule has 4 aliphatic carbocycles. The van der Waals surface area contributed by atoms with Gasteiger partial charge in [0.25, 0.3) is 0 Å². The van der Waals surface area contributed by atoms with Crippen molar-refractivity contribution in [1.82, 2.24) is 0 Å². The van der Waals surface area contributed by atoms with E-state index in [0.717, 1.165) is 50.5 Å². The molecule has 1 unspecified atom stereocenters. The molecule has 1 saturated heterocycles. The van der Waals surface area contributed by atoms with Crippen LogP contribution in [-0.2, 0) is 23.8 Å². The van der Waals surface area contributed by atoms with E-state index in [9.17, 15) is 24.6 Å². The van der Waals surface area contributed by atoms with Crippen LogP contribution in [-0.4, -0.2) is 70.4 Å². The van der Waals surface area contributed by atoms with Gasteiger partial charge in [-0.25, -0.2) is 4.79 Å². The zero-order valence-corrected chi connectivity index (χ0v) is 25.0. The van der Waals surface area contributed by atoms with E-state index in [0.29, 0.717) is 25.9 Å². The summed E-state index contributed by atoms with van der Waals surface area (Å²) in [7, 11) is 0. The van der Waals surface area contributed by atoms with Gasteiger partial charge in [0.05, 0.1) is 18.8 Å². The summed E-state index contributed by atoms with van der Waals surface area (Å²) in [5.74, 6) is 0.0274. The molecule has 1 heterocycles. The summed E-state index contributed by atoms with van der Waals surface area (Å²) < 4.78 is 17.0. The molecule has 3 N–H and O–H groups in total. The third kappa shape index (κ3) is 5.55. The van der Waals surface area contributed by atoms with Crippen molar-refractivity contribution in [3.63, 3.8) is 0 Å². The Morgan fingerprint density at radius 3 is 2.56 bits per heavy atom. The van der Waals surface area contributed by atoms with Crippen LogP contribution in [0, 0.1) is 28.6 Å². The number of ketones is 2. The smallest absolute Gasteiger partial charge is 0.450 e. The second-order valence-electron chi connectivity index (χ2n) is 12.9. The van der Waals surface area contributed by atoms with Crippen LogP contribution in [0.5, 0.6) is 0 Å². The first kappa shape index (κ1) is 31.9. The van der Waals surface area contributed by atoms with Crippen LogP contribution >= 0.6 is 0 Å². The average Bonchev–Trinajstić information content (AvgIpc) is 3.40. The van der Waals surface area contributed by atoms with E-state index in [4.69, 9.17) is 14.6 Å². The first-order valence-electron chi connectivity index (χ1n) is 15.4. The van der Waals surface area contributed by atoms with Crippen molar-refractivity contribution in [2.24, 2.45) is 28.6 Å². The van der Waals surface area contributed by atoms with Gasteiger partial charge in [-0.1, -0.05) is 65.0 Å². The van der Waals surface area contributed by atoms with Crippen molar-refractivity contribution in [2.45, 2.75) is 116 Å². The molecule has 0 radical (unpaired) electrons. The predicted octanol–water partition coefficient (Wildman–Crippen LogP) is 4.98. The number of hydrogen-bond acceptors (Lipinski definition) is 8. The van der Waals surface area contributed by atoms with E-state index in [1.54, 1.807) is 12.2 Å². The van der Waals surface area contributed by atoms with Gasteiger partial charge in [-0.15, -0.1) is 0 Å². The minimum atomic E-state index is -1.20. The second-order valence-corrected chi connectivity index (χ2v) is 12.9. The summed E-state index contributed by atoms with van der Waals surface area (Å²) in [5.41, 5.74) is -1.05. The number of carbonyl (C=O) groups is 3. The zero-order valence-electron chi connectivity index (χ0n) is 25.0. The topological polar surface area (TPSA) is 140 Å². The van der Waals surface area contributed by atoms with Crippen LogP contribution in [0.2, 0.25) is 0 Å². The summed E-state index contributed by atoms with van der Waals surface area (Å²) in [6.07, 6.45) is 11.4. The number of ether oxygens (including phenoxy) is 3. The lowest BCUT2D eigenvalue weighted by Crippen LogP contribution is -2.63. The first-order valence-corrected chi connectivity index (χ1v) is 15.4. The fourth-order valence-electron chi connectivity index (χ4n) is 8.81. The largest absolute Gasteiger partial charge is 0.505 e. The second kappa shape index (κ2) is 12.7. The summed E-state index contributed by atoms with van der Waals surface area (Å²) in [6.45, 7) is 8.13. The molecular weight excluding hydrogens is 528 g/mol. The van der Waals surface area contributed by atoms with E-state index in [1.165, 1.54) is 0 Å². The maximum Gasteiger partial charge on any atom is 0.505 e. The van der Waals surface area contributed by atoms with E-state index in [1.807, 2.05) is 6.08 Å². The Balaban J connectivity index is 0.000000334. The third-order valence-corrected chi connectivity index (χ3v) is 10.6. The summed E-state index contributed by atoms with van der Waals surface area (Å²) in [5, 5.41) is 29.5. The molecule has 5 aliphatic rings. The number of unbranched alkanes of at least 4 members (excludes halogenated alkanes) is 3. The molecule has 9 nitrogen and oxygen atoms in total. The molecule has 41 heavy (non-hydrogen) atoms. The molecule has 0 aromatic heterocycles. The van der Waals surface area contributed by atoms with Crippen LogP contribution < -0.4 is 0 Å². The summed E-state index contributed by atoms with van der Waals surface area (Å²) >= 11 is 0. The maximum atomic E-state index is 13.2. The maximum absolute atomic E-state index is 13.2. The lowest BCUT2D eigenvalue weighted by Gasteiger charge is -2.59. The van der Waals surface area contributed by atoms with Gasteiger partial charge in [0.2, 0.25) is 0 Å². The number of hydrogen-bond donors (Lipinski definition) is 3. The molecule has 9 atom stereocenters. The Morgan fingerprint density at radius 1 is 1.15 bits per heavy atom. The van der Waals surface area contributed by atoms with Gasteiger partial charge in [0, 0.05) is 16.7 Å². The molecule has 5 rings (SSSR count). The van der Waals surface area contributed by atoms with Crippen molar-refractivity contribution < 1.29 is 43.9 Å². The Kier molecular flexibility index (Phi) is 9.83. The number of aliphatic hydroxyl groups is 2. The van der Waals surface area contributed by atoms with E-state index >= 15 is 0 Å². The molecule has 0 amide bonds. The zero-order chi connectivity index (χ0) is 30.0. The third-order valence-electron chi connectivity index (χ3n) is 10.6. The minimum absolute atomic E-state index is 0.0125. The van der Waals surface area contributed by atoms with Crippen molar-refractivity contribution >= 4 is 17.7 Å². The molecule has 4 fully saturated rings. The fourth-order valence-corrected chi connectivity index (χ4v) is 8.81. The molecule has 9 heteroatoms. The van der Waals surface area contributed by atoms with Crippen molar-refractivity contribution in [2.75, 3.05) is 13.2 Å². The first-order chi connectivity index (χ1) is 19.5. The van der Waals surface area contributed by atoms with Crippen LogP contribution in [0.1, 0.15) is 91.9 Å². The highest BCUT2D eigenvalue weighted by molar-refractivity contribution is 6.01. The number of rotatable bonds is 9. The summed E-state index contributed by atoms with van der Waals surface area (Å²) in [6, 6.07) is 0. The molecule has 1 aliphatic heterocycles.